The predicted octanol–water partition coefficient (Wildman–Crippen LogP) is 3.82. The molecule has 0 fully saturated rings. The van der Waals surface area contributed by atoms with Gasteiger partial charge in [-0.1, -0.05) is 17.3 Å². The van der Waals surface area contributed by atoms with E-state index in [1.807, 2.05) is 30.5 Å². The number of ether oxygens (including phenoxy) is 2. The number of fused-ring (bicyclic) bond motifs is 1. The lowest BCUT2D eigenvalue weighted by Gasteiger charge is -2.08. The van der Waals surface area contributed by atoms with Crippen molar-refractivity contribution < 1.29 is 14.3 Å². The van der Waals surface area contributed by atoms with Gasteiger partial charge in [-0.3, -0.25) is 4.79 Å². The molecule has 0 N–H and O–H groups in total. The predicted molar refractivity (Wildman–Crippen MR) is 110 cm³/mol. The van der Waals surface area contributed by atoms with Crippen LogP contribution in [0.25, 0.3) is 10.2 Å². The number of terminal acetylenes is 1. The van der Waals surface area contributed by atoms with Gasteiger partial charge in [0.15, 0.2) is 4.80 Å². The highest BCUT2D eigenvalue weighted by atomic mass is 32.2. The molecule has 0 saturated carbocycles. The fourth-order valence-electron chi connectivity index (χ4n) is 2.66. The van der Waals surface area contributed by atoms with Crippen LogP contribution in [0.1, 0.15) is 10.4 Å². The maximum Gasteiger partial charge on any atom is 0.279 e. The molecule has 7 heteroatoms. The monoisotopic (exact) mass is 398 g/mol. The average Bonchev–Trinajstić information content (AvgIpc) is 3.05. The maximum atomic E-state index is 12.7. The summed E-state index contributed by atoms with van der Waals surface area (Å²) in [6.45, 7) is 0.265. The van der Waals surface area contributed by atoms with E-state index in [9.17, 15) is 4.79 Å². The lowest BCUT2D eigenvalue weighted by molar-refractivity contribution is 0.0998. The van der Waals surface area contributed by atoms with Crippen LogP contribution >= 0.6 is 23.1 Å². The van der Waals surface area contributed by atoms with Gasteiger partial charge in [0.1, 0.15) is 21.7 Å². The van der Waals surface area contributed by atoms with Crippen LogP contribution in [0.3, 0.4) is 0 Å². The van der Waals surface area contributed by atoms with Crippen LogP contribution in [0.15, 0.2) is 46.3 Å². The number of hydrogen-bond donors (Lipinski definition) is 0. The zero-order valence-corrected chi connectivity index (χ0v) is 16.8. The molecule has 5 nitrogen and oxygen atoms in total. The highest BCUT2D eigenvalue weighted by molar-refractivity contribution is 7.98. The highest BCUT2D eigenvalue weighted by Gasteiger charge is 2.16. The smallest absolute Gasteiger partial charge is 0.279 e. The van der Waals surface area contributed by atoms with Gasteiger partial charge in [0.05, 0.1) is 20.8 Å². The normalized spacial score (nSPS) is 11.4. The molecular formula is C20H18N2O3S2. The molecule has 0 saturated heterocycles. The van der Waals surface area contributed by atoms with E-state index in [-0.39, 0.29) is 12.5 Å². The Hall–Kier alpha value is -2.69. The Kier molecular flexibility index (Phi) is 5.89. The van der Waals surface area contributed by atoms with Gasteiger partial charge in [0, 0.05) is 10.5 Å². The van der Waals surface area contributed by atoms with Crippen molar-refractivity contribution in [1.82, 2.24) is 4.57 Å². The number of benzene rings is 2. The molecule has 0 atom stereocenters. The zero-order chi connectivity index (χ0) is 19.4. The Bertz CT molecular complexity index is 1090. The molecule has 1 amide bonds. The average molecular weight is 399 g/mol. The van der Waals surface area contributed by atoms with E-state index in [2.05, 4.69) is 10.9 Å². The summed E-state index contributed by atoms with van der Waals surface area (Å²) in [6, 6.07) is 11.0. The van der Waals surface area contributed by atoms with Crippen molar-refractivity contribution in [3.05, 3.63) is 46.8 Å². The molecule has 0 spiro atoms. The number of thioether (sulfide) groups is 1. The Morgan fingerprint density at radius 1 is 1.19 bits per heavy atom. The summed E-state index contributed by atoms with van der Waals surface area (Å²) >= 11 is 2.97. The lowest BCUT2D eigenvalue weighted by atomic mass is 10.2. The summed E-state index contributed by atoms with van der Waals surface area (Å²) in [5.41, 5.74) is 1.29. The maximum absolute atomic E-state index is 12.7. The van der Waals surface area contributed by atoms with E-state index in [0.717, 1.165) is 15.1 Å². The first-order valence-corrected chi connectivity index (χ1v) is 10.1. The van der Waals surface area contributed by atoms with Gasteiger partial charge in [0.2, 0.25) is 0 Å². The molecule has 1 aromatic heterocycles. The van der Waals surface area contributed by atoms with Crippen molar-refractivity contribution in [3.63, 3.8) is 0 Å². The molecular weight excluding hydrogens is 380 g/mol. The largest absolute Gasteiger partial charge is 0.495 e. The van der Waals surface area contributed by atoms with Crippen molar-refractivity contribution in [1.29, 1.82) is 0 Å². The fourth-order valence-corrected chi connectivity index (χ4v) is 4.21. The first-order valence-electron chi connectivity index (χ1n) is 8.03. The number of rotatable bonds is 5. The molecule has 0 unspecified atom stereocenters. The van der Waals surface area contributed by atoms with E-state index < -0.39 is 0 Å². The van der Waals surface area contributed by atoms with Gasteiger partial charge in [-0.25, -0.2) is 0 Å². The molecule has 2 aromatic carbocycles. The summed E-state index contributed by atoms with van der Waals surface area (Å²) in [5, 5.41) is 0. The number of carbonyl (C=O) groups is 1. The van der Waals surface area contributed by atoms with Crippen molar-refractivity contribution >= 4 is 39.2 Å². The van der Waals surface area contributed by atoms with Gasteiger partial charge < -0.3 is 14.0 Å². The standard InChI is InChI=1S/C20H18N2O3S2/c1-5-12-22-17-15(24-2)10-11-16(25-3)18(17)27-20(22)21-19(23)13-6-8-14(26-4)9-7-13/h1,6-11H,12H2,2-4H3. The molecule has 0 radical (unpaired) electrons. The van der Waals surface area contributed by atoms with Gasteiger partial charge >= 0.3 is 0 Å². The molecule has 138 valence electrons. The number of thiazole rings is 1. The number of hydrogen-bond acceptors (Lipinski definition) is 5. The quantitative estimate of drug-likeness (QED) is 0.484. The minimum absolute atomic E-state index is 0.265. The molecule has 27 heavy (non-hydrogen) atoms. The summed E-state index contributed by atoms with van der Waals surface area (Å²) in [7, 11) is 3.19. The Labute approximate surface area is 165 Å². The number of aromatic nitrogens is 1. The van der Waals surface area contributed by atoms with Gasteiger partial charge in [-0.2, -0.15) is 4.99 Å². The van der Waals surface area contributed by atoms with Crippen LogP contribution in [0, 0.1) is 12.3 Å². The summed E-state index contributed by atoms with van der Waals surface area (Å²) in [4.78, 5) is 18.6. The topological polar surface area (TPSA) is 52.8 Å². The second-order valence-electron chi connectivity index (χ2n) is 5.47. The minimum Gasteiger partial charge on any atom is -0.495 e. The molecule has 0 aliphatic rings. The molecule has 0 bridgehead atoms. The van der Waals surface area contributed by atoms with Crippen LogP contribution in [-0.2, 0) is 6.54 Å². The fraction of sp³-hybridized carbons (Fsp3) is 0.200. The second-order valence-corrected chi connectivity index (χ2v) is 7.33. The minimum atomic E-state index is -0.321. The first kappa shape index (κ1) is 19.1. The number of carbonyl (C=O) groups excluding carboxylic acids is 1. The number of amides is 1. The second kappa shape index (κ2) is 8.33. The third-order valence-electron chi connectivity index (χ3n) is 3.98. The van der Waals surface area contributed by atoms with E-state index in [1.165, 1.54) is 11.3 Å². The molecule has 0 aliphatic carbocycles. The third-order valence-corrected chi connectivity index (χ3v) is 5.81. The first-order chi connectivity index (χ1) is 13.1. The van der Waals surface area contributed by atoms with Crippen molar-refractivity contribution in [2.75, 3.05) is 20.5 Å². The summed E-state index contributed by atoms with van der Waals surface area (Å²) < 4.78 is 13.6. The van der Waals surface area contributed by atoms with Gasteiger partial charge in [-0.15, -0.1) is 18.2 Å². The number of methoxy groups -OCH3 is 2. The molecule has 3 aromatic rings. The van der Waals surface area contributed by atoms with Crippen LogP contribution in [0.4, 0.5) is 0 Å². The van der Waals surface area contributed by atoms with Crippen LogP contribution in [0.5, 0.6) is 11.5 Å². The van der Waals surface area contributed by atoms with E-state index in [4.69, 9.17) is 15.9 Å². The molecule has 0 aliphatic heterocycles. The highest BCUT2D eigenvalue weighted by Crippen LogP contribution is 2.35. The third kappa shape index (κ3) is 3.72. The molecule has 3 rings (SSSR count). The van der Waals surface area contributed by atoms with Crippen LogP contribution < -0.4 is 14.3 Å². The zero-order valence-electron chi connectivity index (χ0n) is 15.2. The summed E-state index contributed by atoms with van der Waals surface area (Å²) in [6.07, 6.45) is 7.54. The van der Waals surface area contributed by atoms with E-state index in [0.29, 0.717) is 21.9 Å². The Morgan fingerprint density at radius 3 is 2.44 bits per heavy atom. The molecule has 1 heterocycles. The number of nitrogens with zero attached hydrogens (tertiary/aromatic N) is 2. The van der Waals surface area contributed by atoms with Crippen LogP contribution in [0.2, 0.25) is 0 Å². The van der Waals surface area contributed by atoms with E-state index >= 15 is 0 Å². The van der Waals surface area contributed by atoms with Crippen molar-refractivity contribution in [3.8, 4) is 23.8 Å². The SMILES string of the molecule is C#CCn1c(=NC(=O)c2ccc(SC)cc2)sc2c(OC)ccc(OC)c21. The Balaban J connectivity index is 2.20. The van der Waals surface area contributed by atoms with Crippen molar-refractivity contribution in [2.24, 2.45) is 4.99 Å². The van der Waals surface area contributed by atoms with E-state index in [1.54, 1.807) is 42.7 Å². The van der Waals surface area contributed by atoms with Gasteiger partial charge in [-0.05, 0) is 42.7 Å². The Morgan fingerprint density at radius 2 is 1.85 bits per heavy atom. The summed E-state index contributed by atoms with van der Waals surface area (Å²) in [5.74, 6) is 3.63. The van der Waals surface area contributed by atoms with Gasteiger partial charge in [0.25, 0.3) is 5.91 Å². The lowest BCUT2D eigenvalue weighted by Crippen LogP contribution is -2.16. The van der Waals surface area contributed by atoms with Crippen molar-refractivity contribution in [2.45, 2.75) is 11.4 Å². The van der Waals surface area contributed by atoms with Crippen LogP contribution in [-0.4, -0.2) is 30.9 Å².